The molecule has 0 aliphatic rings. The van der Waals surface area contributed by atoms with E-state index in [1.807, 2.05) is 6.92 Å². The van der Waals surface area contributed by atoms with Crippen LogP contribution in [0.25, 0.3) is 0 Å². The highest BCUT2D eigenvalue weighted by molar-refractivity contribution is 5.93. The number of nitrogens with one attached hydrogen (secondary N) is 2. The molecule has 2 heterocycles. The second-order valence-electron chi connectivity index (χ2n) is 3.72. The molecule has 0 aliphatic carbocycles. The summed E-state index contributed by atoms with van der Waals surface area (Å²) >= 11 is 0. The van der Waals surface area contributed by atoms with Crippen LogP contribution in [0.5, 0.6) is 0 Å². The molecule has 96 valence electrons. The number of amides is 1. The highest BCUT2D eigenvalue weighted by Gasteiger charge is 2.13. The maximum Gasteiger partial charge on any atom is 0.273 e. The van der Waals surface area contributed by atoms with Gasteiger partial charge in [-0.25, -0.2) is 0 Å². The fourth-order valence-electron chi connectivity index (χ4n) is 1.40. The Morgan fingerprint density at radius 2 is 2.28 bits per heavy atom. The van der Waals surface area contributed by atoms with Crippen LogP contribution in [-0.4, -0.2) is 38.0 Å². The van der Waals surface area contributed by atoms with Crippen molar-refractivity contribution in [1.29, 1.82) is 0 Å². The van der Waals surface area contributed by atoms with Gasteiger partial charge in [-0.3, -0.25) is 4.79 Å². The summed E-state index contributed by atoms with van der Waals surface area (Å²) in [7, 11) is 0. The minimum Gasteiger partial charge on any atom is -0.350 e. The lowest BCUT2D eigenvalue weighted by molar-refractivity contribution is 0.0947. The van der Waals surface area contributed by atoms with Gasteiger partial charge >= 0.3 is 0 Å². The Hall–Kier alpha value is -2.25. The molecule has 2 aromatic rings. The first-order valence-electron chi connectivity index (χ1n) is 5.67. The number of nitrogens with zero attached hydrogens (tertiary/aromatic N) is 4. The first kappa shape index (κ1) is 12.2. The molecule has 0 fully saturated rings. The van der Waals surface area contributed by atoms with Crippen LogP contribution in [-0.2, 0) is 12.8 Å². The van der Waals surface area contributed by atoms with Gasteiger partial charge in [0.15, 0.2) is 11.5 Å². The van der Waals surface area contributed by atoms with Gasteiger partial charge in [0.05, 0.1) is 5.69 Å². The molecule has 0 saturated carbocycles. The topological polar surface area (TPSA) is 110 Å². The summed E-state index contributed by atoms with van der Waals surface area (Å²) in [4.78, 5) is 15.8. The van der Waals surface area contributed by atoms with E-state index in [4.69, 9.17) is 4.52 Å². The van der Waals surface area contributed by atoms with Gasteiger partial charge in [0.25, 0.3) is 5.91 Å². The maximum absolute atomic E-state index is 11.7. The van der Waals surface area contributed by atoms with Crippen molar-refractivity contribution in [3.8, 4) is 0 Å². The van der Waals surface area contributed by atoms with Crippen LogP contribution < -0.4 is 5.32 Å². The summed E-state index contributed by atoms with van der Waals surface area (Å²) in [5.41, 5.74) is 0.869. The molecule has 0 aliphatic heterocycles. The quantitative estimate of drug-likeness (QED) is 0.774. The van der Waals surface area contributed by atoms with E-state index in [0.29, 0.717) is 36.1 Å². The van der Waals surface area contributed by atoms with Gasteiger partial charge in [-0.15, -0.1) is 0 Å². The lowest BCUT2D eigenvalue weighted by atomic mass is 10.3. The third kappa shape index (κ3) is 2.70. The van der Waals surface area contributed by atoms with E-state index in [0.717, 1.165) is 6.42 Å². The fourth-order valence-corrected chi connectivity index (χ4v) is 1.40. The predicted octanol–water partition coefficient (Wildman–Crippen LogP) is 0.0310. The summed E-state index contributed by atoms with van der Waals surface area (Å²) in [6.45, 7) is 4.07. The molecule has 0 spiro atoms. The van der Waals surface area contributed by atoms with Crippen molar-refractivity contribution in [1.82, 2.24) is 30.9 Å². The van der Waals surface area contributed by atoms with Crippen molar-refractivity contribution in [2.45, 2.75) is 26.7 Å². The van der Waals surface area contributed by atoms with Crippen LogP contribution >= 0.6 is 0 Å². The number of rotatable bonds is 5. The molecule has 0 radical (unpaired) electrons. The minimum absolute atomic E-state index is 0.267. The van der Waals surface area contributed by atoms with Crippen molar-refractivity contribution >= 4 is 5.91 Å². The van der Waals surface area contributed by atoms with E-state index >= 15 is 0 Å². The number of hydrogen-bond acceptors (Lipinski definition) is 6. The van der Waals surface area contributed by atoms with E-state index in [1.165, 1.54) is 0 Å². The molecule has 2 aromatic heterocycles. The summed E-state index contributed by atoms with van der Waals surface area (Å²) in [6.07, 6.45) is 1.23. The number of aromatic amines is 1. The Kier molecular flexibility index (Phi) is 3.66. The van der Waals surface area contributed by atoms with Crippen molar-refractivity contribution in [3.63, 3.8) is 0 Å². The molecule has 8 nitrogen and oxygen atoms in total. The van der Waals surface area contributed by atoms with Crippen molar-refractivity contribution < 1.29 is 9.32 Å². The number of H-pyrrole nitrogens is 1. The Bertz CT molecular complexity index is 532. The fraction of sp³-hybridized carbons (Fsp3) is 0.500. The van der Waals surface area contributed by atoms with Gasteiger partial charge in [0.2, 0.25) is 5.89 Å². The molecule has 2 rings (SSSR count). The zero-order valence-corrected chi connectivity index (χ0v) is 10.2. The summed E-state index contributed by atoms with van der Waals surface area (Å²) in [6, 6.07) is 0. The smallest absolute Gasteiger partial charge is 0.273 e. The first-order chi connectivity index (χ1) is 8.70. The van der Waals surface area contributed by atoms with Crippen LogP contribution in [0.1, 0.15) is 34.8 Å². The Morgan fingerprint density at radius 3 is 2.89 bits per heavy atom. The lowest BCUT2D eigenvalue weighted by Gasteiger charge is -2.00. The van der Waals surface area contributed by atoms with E-state index in [-0.39, 0.29) is 5.91 Å². The van der Waals surface area contributed by atoms with Gasteiger partial charge in [-0.05, 0) is 6.92 Å². The van der Waals surface area contributed by atoms with E-state index in [1.54, 1.807) is 6.92 Å². The van der Waals surface area contributed by atoms with Gasteiger partial charge in [0, 0.05) is 19.4 Å². The maximum atomic E-state index is 11.7. The molecular formula is C10H14N6O2. The minimum atomic E-state index is -0.267. The molecule has 1 amide bonds. The molecule has 0 aromatic carbocycles. The average Bonchev–Trinajstić information content (AvgIpc) is 2.97. The predicted molar refractivity (Wildman–Crippen MR) is 60.8 cm³/mol. The Balaban J connectivity index is 1.82. The summed E-state index contributed by atoms with van der Waals surface area (Å²) in [5.74, 6) is 0.921. The molecule has 0 bridgehead atoms. The van der Waals surface area contributed by atoms with E-state index in [2.05, 4.69) is 30.9 Å². The number of aryl methyl sites for hydroxylation is 2. The SMILES string of the molecule is CCc1noc(CCNC(=O)c2n[nH]nc2C)n1. The Morgan fingerprint density at radius 1 is 1.44 bits per heavy atom. The van der Waals surface area contributed by atoms with Crippen LogP contribution in [0.3, 0.4) is 0 Å². The second kappa shape index (κ2) is 5.39. The molecule has 0 saturated heterocycles. The van der Waals surface area contributed by atoms with Crippen LogP contribution in [0.2, 0.25) is 0 Å². The van der Waals surface area contributed by atoms with Gasteiger partial charge in [-0.2, -0.15) is 20.4 Å². The van der Waals surface area contributed by atoms with Crippen molar-refractivity contribution in [2.75, 3.05) is 6.54 Å². The van der Waals surface area contributed by atoms with Gasteiger partial charge < -0.3 is 9.84 Å². The number of hydrogen-bond donors (Lipinski definition) is 2. The molecular weight excluding hydrogens is 236 g/mol. The van der Waals surface area contributed by atoms with Crippen LogP contribution in [0.15, 0.2) is 4.52 Å². The largest absolute Gasteiger partial charge is 0.350 e. The van der Waals surface area contributed by atoms with E-state index < -0.39 is 0 Å². The first-order valence-corrected chi connectivity index (χ1v) is 5.67. The zero-order chi connectivity index (χ0) is 13.0. The molecule has 8 heteroatoms. The highest BCUT2D eigenvalue weighted by Crippen LogP contribution is 2.00. The number of carbonyl (C=O) groups is 1. The third-order valence-corrected chi connectivity index (χ3v) is 2.39. The highest BCUT2D eigenvalue weighted by atomic mass is 16.5. The zero-order valence-electron chi connectivity index (χ0n) is 10.2. The van der Waals surface area contributed by atoms with Crippen molar-refractivity contribution in [2.24, 2.45) is 0 Å². The lowest BCUT2D eigenvalue weighted by Crippen LogP contribution is -2.26. The van der Waals surface area contributed by atoms with E-state index in [9.17, 15) is 4.79 Å². The van der Waals surface area contributed by atoms with Crippen LogP contribution in [0.4, 0.5) is 0 Å². The molecule has 2 N–H and O–H groups in total. The van der Waals surface area contributed by atoms with Gasteiger partial charge in [-0.1, -0.05) is 12.1 Å². The average molecular weight is 250 g/mol. The number of carbonyl (C=O) groups excluding carboxylic acids is 1. The van der Waals surface area contributed by atoms with Crippen molar-refractivity contribution in [3.05, 3.63) is 23.1 Å². The number of aromatic nitrogens is 5. The molecule has 0 unspecified atom stereocenters. The summed E-state index contributed by atoms with van der Waals surface area (Å²) < 4.78 is 5.01. The second-order valence-corrected chi connectivity index (χ2v) is 3.72. The van der Waals surface area contributed by atoms with Gasteiger partial charge in [0.1, 0.15) is 0 Å². The summed E-state index contributed by atoms with van der Waals surface area (Å²) in [5, 5.41) is 16.4. The third-order valence-electron chi connectivity index (χ3n) is 2.39. The normalized spacial score (nSPS) is 10.6. The molecule has 0 atom stereocenters. The Labute approximate surface area is 103 Å². The van der Waals surface area contributed by atoms with Crippen LogP contribution in [0, 0.1) is 6.92 Å². The molecule has 18 heavy (non-hydrogen) atoms. The monoisotopic (exact) mass is 250 g/mol. The standard InChI is InChI=1S/C10H14N6O2/c1-3-7-12-8(18-15-7)4-5-11-10(17)9-6(2)13-16-14-9/h3-5H2,1-2H3,(H,11,17)(H,13,14,16).